The SMILES string of the molecule is CO/N=C(\C(=O)N[C@@H]1C(=O)N2C(C(=O)O)=C(CSc3nc(N)cc4ncnn34)CS[C@H]12)c1csc(N)n1. The lowest BCUT2D eigenvalue weighted by Crippen LogP contribution is -2.71. The maximum absolute atomic E-state index is 13.0. The van der Waals surface area contributed by atoms with Gasteiger partial charge in [0.05, 0.1) is 0 Å². The number of nitrogens with one attached hydrogen (secondary N) is 1. The molecule has 2 amide bonds. The second-order valence-electron chi connectivity index (χ2n) is 7.59. The molecule has 5 heterocycles. The van der Waals surface area contributed by atoms with Gasteiger partial charge in [0, 0.05) is 23.0 Å². The van der Waals surface area contributed by atoms with Crippen LogP contribution in [0.1, 0.15) is 5.69 Å². The van der Waals surface area contributed by atoms with Gasteiger partial charge in [0.2, 0.25) is 0 Å². The van der Waals surface area contributed by atoms with Crippen LogP contribution >= 0.6 is 34.9 Å². The first kappa shape index (κ1) is 24.8. The number of thiazole rings is 1. The maximum Gasteiger partial charge on any atom is 0.352 e. The van der Waals surface area contributed by atoms with Gasteiger partial charge in [-0.25, -0.2) is 19.7 Å². The molecule has 0 saturated carbocycles. The van der Waals surface area contributed by atoms with Crippen LogP contribution in [-0.4, -0.2) is 88.1 Å². The van der Waals surface area contributed by atoms with Crippen LogP contribution < -0.4 is 16.8 Å². The Morgan fingerprint density at radius 3 is 2.89 bits per heavy atom. The number of aliphatic carboxylic acids is 1. The second kappa shape index (κ2) is 9.87. The van der Waals surface area contributed by atoms with E-state index in [1.807, 2.05) is 0 Å². The van der Waals surface area contributed by atoms with E-state index in [0.717, 1.165) is 11.3 Å². The molecule has 37 heavy (non-hydrogen) atoms. The number of nitrogen functional groups attached to an aromatic ring is 2. The van der Waals surface area contributed by atoms with Crippen molar-refractivity contribution in [3.63, 3.8) is 0 Å². The largest absolute Gasteiger partial charge is 0.477 e. The van der Waals surface area contributed by atoms with Crippen LogP contribution in [0.5, 0.6) is 0 Å². The number of anilines is 2. The summed E-state index contributed by atoms with van der Waals surface area (Å²) in [6.45, 7) is 0. The van der Waals surface area contributed by atoms with Gasteiger partial charge in [-0.1, -0.05) is 16.9 Å². The number of carbonyl (C=O) groups is 3. The fourth-order valence-electron chi connectivity index (χ4n) is 3.76. The summed E-state index contributed by atoms with van der Waals surface area (Å²) in [6.07, 6.45) is 1.36. The van der Waals surface area contributed by atoms with Crippen molar-refractivity contribution in [3.8, 4) is 0 Å². The number of aromatic nitrogens is 5. The Labute approximate surface area is 220 Å². The van der Waals surface area contributed by atoms with Gasteiger partial charge in [-0.2, -0.15) is 9.61 Å². The first-order chi connectivity index (χ1) is 17.8. The average molecular weight is 563 g/mol. The first-order valence-corrected chi connectivity index (χ1v) is 13.3. The van der Waals surface area contributed by atoms with E-state index in [1.165, 1.54) is 51.8 Å². The Morgan fingerprint density at radius 1 is 1.38 bits per heavy atom. The van der Waals surface area contributed by atoms with E-state index in [2.05, 4.69) is 30.5 Å². The minimum atomic E-state index is -1.25. The van der Waals surface area contributed by atoms with E-state index in [0.29, 0.717) is 22.1 Å². The van der Waals surface area contributed by atoms with Crippen molar-refractivity contribution in [1.29, 1.82) is 0 Å². The molecule has 2 aliphatic rings. The number of nitrogens with two attached hydrogens (primary N) is 2. The van der Waals surface area contributed by atoms with Crippen LogP contribution in [0.25, 0.3) is 5.65 Å². The first-order valence-electron chi connectivity index (χ1n) is 10.4. The maximum atomic E-state index is 13.0. The molecular formula is C19H18N10O5S3. The molecule has 0 aliphatic carbocycles. The highest BCUT2D eigenvalue weighted by Crippen LogP contribution is 2.41. The molecule has 0 unspecified atom stereocenters. The van der Waals surface area contributed by atoms with Crippen molar-refractivity contribution in [2.24, 2.45) is 5.16 Å². The van der Waals surface area contributed by atoms with Gasteiger partial charge in [-0.05, 0) is 5.57 Å². The lowest BCUT2D eigenvalue weighted by molar-refractivity contribution is -0.150. The topological polar surface area (TPSA) is 216 Å². The fraction of sp³-hybridized carbons (Fsp3) is 0.263. The van der Waals surface area contributed by atoms with Crippen molar-refractivity contribution in [2.75, 3.05) is 30.1 Å². The molecule has 3 aromatic rings. The number of hydrogen-bond acceptors (Lipinski definition) is 14. The van der Waals surface area contributed by atoms with Gasteiger partial charge in [-0.15, -0.1) is 23.1 Å². The number of hydrogen-bond donors (Lipinski definition) is 4. The molecule has 6 N–H and O–H groups in total. The summed E-state index contributed by atoms with van der Waals surface area (Å²) < 4.78 is 1.50. The normalized spacial score (nSPS) is 19.5. The molecule has 2 atom stereocenters. The molecule has 3 aromatic heterocycles. The molecule has 0 radical (unpaired) electrons. The molecule has 192 valence electrons. The highest BCUT2D eigenvalue weighted by molar-refractivity contribution is 8.01. The third-order valence-electron chi connectivity index (χ3n) is 5.33. The summed E-state index contributed by atoms with van der Waals surface area (Å²) in [5.41, 5.74) is 12.4. The Hall–Kier alpha value is -3.90. The second-order valence-corrected chi connectivity index (χ2v) is 10.5. The van der Waals surface area contributed by atoms with Gasteiger partial charge in [-0.3, -0.25) is 14.5 Å². The zero-order valence-corrected chi connectivity index (χ0v) is 21.3. The highest BCUT2D eigenvalue weighted by atomic mass is 32.2. The fourth-order valence-corrected chi connectivity index (χ4v) is 6.76. The summed E-state index contributed by atoms with van der Waals surface area (Å²) >= 11 is 3.68. The molecule has 0 spiro atoms. The van der Waals surface area contributed by atoms with Crippen molar-refractivity contribution in [3.05, 3.63) is 34.7 Å². The summed E-state index contributed by atoms with van der Waals surface area (Å²) in [7, 11) is 1.27. The van der Waals surface area contributed by atoms with Crippen LogP contribution in [0.2, 0.25) is 0 Å². The Kier molecular flexibility index (Phi) is 6.61. The zero-order chi connectivity index (χ0) is 26.3. The molecule has 1 fully saturated rings. The number of fused-ring (bicyclic) bond motifs is 2. The number of carbonyl (C=O) groups excluding carboxylic acids is 2. The minimum absolute atomic E-state index is 0.122. The predicted molar refractivity (Wildman–Crippen MR) is 136 cm³/mol. The lowest BCUT2D eigenvalue weighted by Gasteiger charge is -2.49. The number of oxime groups is 1. The number of nitrogens with zero attached hydrogens (tertiary/aromatic N) is 7. The molecular weight excluding hydrogens is 544 g/mol. The monoisotopic (exact) mass is 562 g/mol. The molecule has 1 saturated heterocycles. The van der Waals surface area contributed by atoms with E-state index in [-0.39, 0.29) is 33.8 Å². The van der Waals surface area contributed by atoms with Crippen LogP contribution in [0, 0.1) is 0 Å². The lowest BCUT2D eigenvalue weighted by atomic mass is 10.0. The van der Waals surface area contributed by atoms with Gasteiger partial charge in [0.25, 0.3) is 11.8 Å². The van der Waals surface area contributed by atoms with Crippen LogP contribution in [0.3, 0.4) is 0 Å². The molecule has 18 heteroatoms. The molecule has 0 aromatic carbocycles. The molecule has 15 nitrogen and oxygen atoms in total. The van der Waals surface area contributed by atoms with E-state index >= 15 is 0 Å². The van der Waals surface area contributed by atoms with Crippen molar-refractivity contribution >= 4 is 75.0 Å². The third kappa shape index (κ3) is 4.53. The quantitative estimate of drug-likeness (QED) is 0.0906. The van der Waals surface area contributed by atoms with Crippen molar-refractivity contribution < 1.29 is 24.3 Å². The summed E-state index contributed by atoms with van der Waals surface area (Å²) in [5, 5.41) is 22.0. The molecule has 0 bridgehead atoms. The van der Waals surface area contributed by atoms with Gasteiger partial charge in [0.15, 0.2) is 21.6 Å². The number of thioether (sulfide) groups is 2. The van der Waals surface area contributed by atoms with E-state index in [4.69, 9.17) is 16.3 Å². The number of amides is 2. The Morgan fingerprint density at radius 2 is 2.19 bits per heavy atom. The van der Waals surface area contributed by atoms with Crippen molar-refractivity contribution in [2.45, 2.75) is 16.6 Å². The van der Waals surface area contributed by atoms with Gasteiger partial charge in [0.1, 0.15) is 42.1 Å². The standard InChI is InChI=1S/C19H18N10O5S3/c1-34-27-11(8-5-36-18(21)24-8)14(30)26-12-15(31)28-13(17(32)33)7(3-35-16(12)28)4-37-19-25-9(20)2-10-22-6-23-29(10)19/h2,5-6,12,16H,3-4,20H2,1H3,(H2,21,24)(H,26,30)(H,32,33)/b27-11-/t12-,16-/m1/s1. The minimum Gasteiger partial charge on any atom is -0.477 e. The van der Waals surface area contributed by atoms with E-state index in [1.54, 1.807) is 6.07 Å². The zero-order valence-electron chi connectivity index (χ0n) is 18.9. The smallest absolute Gasteiger partial charge is 0.352 e. The number of carboxylic acids is 1. The van der Waals surface area contributed by atoms with Gasteiger partial charge < -0.3 is 26.7 Å². The number of rotatable bonds is 8. The number of β-lactam (4-membered cyclic amide) rings is 1. The van der Waals surface area contributed by atoms with Crippen LogP contribution in [-0.2, 0) is 19.2 Å². The Balaban J connectivity index is 1.33. The van der Waals surface area contributed by atoms with Crippen LogP contribution in [0.4, 0.5) is 10.9 Å². The van der Waals surface area contributed by atoms with Crippen molar-refractivity contribution in [1.82, 2.24) is 34.8 Å². The van der Waals surface area contributed by atoms with E-state index < -0.39 is 29.2 Å². The summed E-state index contributed by atoms with van der Waals surface area (Å²) in [5.74, 6) is -1.70. The Bertz CT molecular complexity index is 1480. The molecule has 2 aliphatic heterocycles. The molecule has 5 rings (SSSR count). The third-order valence-corrected chi connectivity index (χ3v) is 8.36. The summed E-state index contributed by atoms with van der Waals surface area (Å²) in [4.78, 5) is 56.4. The van der Waals surface area contributed by atoms with Gasteiger partial charge >= 0.3 is 5.97 Å². The predicted octanol–water partition coefficient (Wildman–Crippen LogP) is -0.373. The van der Waals surface area contributed by atoms with E-state index in [9.17, 15) is 19.5 Å². The van der Waals surface area contributed by atoms with Crippen LogP contribution in [0.15, 0.2) is 39.4 Å². The highest BCUT2D eigenvalue weighted by Gasteiger charge is 2.54. The average Bonchev–Trinajstić information content (AvgIpc) is 3.52. The summed E-state index contributed by atoms with van der Waals surface area (Å²) in [6, 6.07) is 0.615. The number of carboxylic acid groups (broad SMARTS) is 1.